The normalized spacial score (nSPS) is 11.6. The lowest BCUT2D eigenvalue weighted by atomic mass is 10.2. The Morgan fingerprint density at radius 3 is 1.34 bits per heavy atom. The SMILES string of the molecule is CC.CC/C=C\C/C=C\C/C=C\C/C=C\C/C=C\C/C=C\CC(=O)NCCSC.CCC. The lowest BCUT2D eigenvalue weighted by Gasteiger charge is -2.00. The molecule has 3 heteroatoms. The third-order valence-electron chi connectivity index (χ3n) is 3.53. The smallest absolute Gasteiger partial charge is 0.223 e. The molecule has 184 valence electrons. The minimum absolute atomic E-state index is 0.101. The predicted octanol–water partition coefficient (Wildman–Crippen LogP) is 9.00. The number of hydrogen-bond donors (Lipinski definition) is 1. The molecule has 0 radical (unpaired) electrons. The summed E-state index contributed by atoms with van der Waals surface area (Å²) >= 11 is 1.74. The molecule has 2 nitrogen and oxygen atoms in total. The van der Waals surface area contributed by atoms with Crippen molar-refractivity contribution >= 4 is 17.7 Å². The van der Waals surface area contributed by atoms with E-state index in [4.69, 9.17) is 0 Å². The first kappa shape index (κ1) is 34.9. The van der Waals surface area contributed by atoms with Gasteiger partial charge in [0.25, 0.3) is 0 Å². The molecule has 0 bridgehead atoms. The van der Waals surface area contributed by atoms with Gasteiger partial charge < -0.3 is 5.32 Å². The van der Waals surface area contributed by atoms with Gasteiger partial charge in [-0.15, -0.1) is 0 Å². The average molecular weight is 462 g/mol. The predicted molar refractivity (Wildman–Crippen MR) is 152 cm³/mol. The second kappa shape index (κ2) is 36.6. The van der Waals surface area contributed by atoms with Gasteiger partial charge in [-0.3, -0.25) is 4.79 Å². The van der Waals surface area contributed by atoms with E-state index in [2.05, 4.69) is 86.8 Å². The van der Waals surface area contributed by atoms with E-state index in [1.54, 1.807) is 11.8 Å². The van der Waals surface area contributed by atoms with Crippen LogP contribution in [0.25, 0.3) is 0 Å². The third-order valence-corrected chi connectivity index (χ3v) is 4.14. The number of thioether (sulfide) groups is 1. The second-order valence-corrected chi connectivity index (χ2v) is 7.65. The van der Waals surface area contributed by atoms with Gasteiger partial charge >= 0.3 is 0 Å². The summed E-state index contributed by atoms with van der Waals surface area (Å²) in [7, 11) is 0. The Balaban J connectivity index is -0.00000154. The monoisotopic (exact) mass is 461 g/mol. The number of allylic oxidation sites excluding steroid dienone is 11. The van der Waals surface area contributed by atoms with Gasteiger partial charge in [-0.25, -0.2) is 0 Å². The van der Waals surface area contributed by atoms with Crippen molar-refractivity contribution in [2.75, 3.05) is 18.6 Å². The van der Waals surface area contributed by atoms with Crippen LogP contribution in [0.4, 0.5) is 0 Å². The van der Waals surface area contributed by atoms with E-state index in [-0.39, 0.29) is 5.91 Å². The Kier molecular flexibility index (Phi) is 39.9. The van der Waals surface area contributed by atoms with E-state index >= 15 is 0 Å². The molecule has 0 saturated carbocycles. The van der Waals surface area contributed by atoms with E-state index in [0.717, 1.165) is 50.8 Å². The summed E-state index contributed by atoms with van der Waals surface area (Å²) in [5.41, 5.74) is 0. The summed E-state index contributed by atoms with van der Waals surface area (Å²) in [5, 5.41) is 2.89. The van der Waals surface area contributed by atoms with Crippen LogP contribution < -0.4 is 5.32 Å². The van der Waals surface area contributed by atoms with Gasteiger partial charge in [-0.05, 0) is 44.8 Å². The first-order valence-corrected chi connectivity index (χ1v) is 13.8. The maximum Gasteiger partial charge on any atom is 0.223 e. The van der Waals surface area contributed by atoms with E-state index in [1.807, 2.05) is 32.3 Å². The molecule has 0 aromatic carbocycles. The fourth-order valence-corrected chi connectivity index (χ4v) is 2.38. The summed E-state index contributed by atoms with van der Waals surface area (Å²) in [6.45, 7) is 11.2. The fraction of sp³-hybridized carbons (Fsp3) is 0.552. The maximum atomic E-state index is 11.5. The average Bonchev–Trinajstić information content (AvgIpc) is 2.80. The molecule has 0 fully saturated rings. The van der Waals surface area contributed by atoms with Crippen LogP contribution >= 0.6 is 11.8 Å². The minimum atomic E-state index is 0.101. The standard InChI is InChI=1S/C24H37NOS.C3H8.C2H6/c1-3-4-5-6-7-8-9-10-11-12-13-14-15-16-17-18-19-20-21-24(26)25-22-23-27-2;1-3-2;1-2/h4-5,7-8,10-11,13-14,16-17,19-20H,3,6,9,12,15,18,21-23H2,1-2H3,(H,25,26);3H2,1-2H3;1-2H3/b5-4-,8-7-,11-10-,14-13-,17-16-,20-19-;;. The first-order chi connectivity index (χ1) is 15.7. The van der Waals surface area contributed by atoms with Crippen LogP contribution in [0, 0.1) is 0 Å². The zero-order valence-corrected chi connectivity index (χ0v) is 22.6. The van der Waals surface area contributed by atoms with Crippen molar-refractivity contribution in [1.29, 1.82) is 0 Å². The highest BCUT2D eigenvalue weighted by Crippen LogP contribution is 1.97. The second-order valence-electron chi connectivity index (χ2n) is 6.67. The van der Waals surface area contributed by atoms with Crippen LogP contribution in [0.2, 0.25) is 0 Å². The lowest BCUT2D eigenvalue weighted by Crippen LogP contribution is -2.24. The molecule has 0 atom stereocenters. The van der Waals surface area contributed by atoms with Gasteiger partial charge in [0, 0.05) is 18.7 Å². The van der Waals surface area contributed by atoms with Gasteiger partial charge in [0.1, 0.15) is 0 Å². The largest absolute Gasteiger partial charge is 0.355 e. The van der Waals surface area contributed by atoms with Crippen molar-refractivity contribution in [2.45, 2.75) is 86.0 Å². The number of rotatable bonds is 16. The topological polar surface area (TPSA) is 29.1 Å². The molecule has 1 N–H and O–H groups in total. The Morgan fingerprint density at radius 2 is 1.00 bits per heavy atom. The van der Waals surface area contributed by atoms with Crippen molar-refractivity contribution in [1.82, 2.24) is 5.32 Å². The van der Waals surface area contributed by atoms with E-state index in [1.165, 1.54) is 6.42 Å². The summed E-state index contributed by atoms with van der Waals surface area (Å²) in [4.78, 5) is 11.5. The lowest BCUT2D eigenvalue weighted by molar-refractivity contribution is -0.120. The van der Waals surface area contributed by atoms with Crippen molar-refractivity contribution in [2.24, 2.45) is 0 Å². The molecule has 0 spiro atoms. The van der Waals surface area contributed by atoms with E-state index in [0.29, 0.717) is 6.42 Å². The summed E-state index contributed by atoms with van der Waals surface area (Å²) in [5.74, 6) is 1.07. The highest BCUT2D eigenvalue weighted by molar-refractivity contribution is 7.98. The van der Waals surface area contributed by atoms with Crippen LogP contribution in [0.1, 0.15) is 86.0 Å². The number of hydrogen-bond acceptors (Lipinski definition) is 2. The Labute approximate surface area is 205 Å². The molecule has 0 rings (SSSR count). The summed E-state index contributed by atoms with van der Waals surface area (Å²) < 4.78 is 0. The molecule has 0 aromatic rings. The first-order valence-electron chi connectivity index (χ1n) is 12.4. The molecule has 0 unspecified atom stereocenters. The van der Waals surface area contributed by atoms with Crippen molar-refractivity contribution in [3.05, 3.63) is 72.9 Å². The number of carbonyl (C=O) groups excluding carboxylic acids is 1. The highest BCUT2D eigenvalue weighted by Gasteiger charge is 1.95. The molecule has 0 aliphatic carbocycles. The van der Waals surface area contributed by atoms with E-state index in [9.17, 15) is 4.79 Å². The molecule has 0 aliphatic rings. The van der Waals surface area contributed by atoms with Crippen molar-refractivity contribution in [3.8, 4) is 0 Å². The molecule has 0 aromatic heterocycles. The van der Waals surface area contributed by atoms with Crippen LogP contribution in [0.3, 0.4) is 0 Å². The Hall–Kier alpha value is -1.74. The Morgan fingerprint density at radius 1 is 0.656 bits per heavy atom. The van der Waals surface area contributed by atoms with E-state index < -0.39 is 0 Å². The zero-order chi connectivity index (χ0) is 24.5. The van der Waals surface area contributed by atoms with Gasteiger partial charge in [-0.1, -0.05) is 114 Å². The maximum absolute atomic E-state index is 11.5. The molecule has 0 aliphatic heterocycles. The third kappa shape index (κ3) is 38.8. The summed E-state index contributed by atoms with van der Waals surface area (Å²) in [6.07, 6.45) is 35.7. The van der Waals surface area contributed by atoms with Crippen LogP contribution in [-0.4, -0.2) is 24.5 Å². The van der Waals surface area contributed by atoms with Gasteiger partial charge in [0.05, 0.1) is 0 Å². The molecule has 0 saturated heterocycles. The molecule has 0 heterocycles. The van der Waals surface area contributed by atoms with Crippen LogP contribution in [-0.2, 0) is 4.79 Å². The molecule has 32 heavy (non-hydrogen) atoms. The molecule has 1 amide bonds. The van der Waals surface area contributed by atoms with Gasteiger partial charge in [0.15, 0.2) is 0 Å². The van der Waals surface area contributed by atoms with Gasteiger partial charge in [-0.2, -0.15) is 11.8 Å². The molecular weight excluding hydrogens is 410 g/mol. The number of nitrogens with one attached hydrogen (secondary N) is 1. The van der Waals surface area contributed by atoms with Gasteiger partial charge in [0.2, 0.25) is 5.91 Å². The molecular formula is C29H51NOS. The zero-order valence-electron chi connectivity index (χ0n) is 21.8. The quantitative estimate of drug-likeness (QED) is 0.183. The number of amides is 1. The fourth-order valence-electron chi connectivity index (χ4n) is 2.08. The summed E-state index contributed by atoms with van der Waals surface area (Å²) in [6, 6.07) is 0. The minimum Gasteiger partial charge on any atom is -0.355 e. The van der Waals surface area contributed by atoms with Crippen molar-refractivity contribution < 1.29 is 4.79 Å². The number of carbonyl (C=O) groups is 1. The van der Waals surface area contributed by atoms with Crippen molar-refractivity contribution in [3.63, 3.8) is 0 Å². The highest BCUT2D eigenvalue weighted by atomic mass is 32.2. The van der Waals surface area contributed by atoms with Crippen LogP contribution in [0.5, 0.6) is 0 Å². The Bertz CT molecular complexity index is 527. The van der Waals surface area contributed by atoms with Crippen LogP contribution in [0.15, 0.2) is 72.9 Å².